The van der Waals surface area contributed by atoms with Gasteiger partial charge in [-0.05, 0) is 30.0 Å². The summed E-state index contributed by atoms with van der Waals surface area (Å²) < 4.78 is 11.0. The van der Waals surface area contributed by atoms with Crippen molar-refractivity contribution in [1.29, 1.82) is 0 Å². The molecule has 2 aromatic rings. The Kier molecular flexibility index (Phi) is 3.75. The smallest absolute Gasteiger partial charge is 0.231 e. The topological polar surface area (TPSA) is 43.2 Å². The average Bonchev–Trinajstić information content (AvgIpc) is 2.94. The van der Waals surface area contributed by atoms with E-state index < -0.39 is 0 Å². The molecule has 23 heavy (non-hydrogen) atoms. The molecule has 0 amide bonds. The van der Waals surface area contributed by atoms with Crippen LogP contribution in [0.4, 0.5) is 0 Å². The molecule has 0 atom stereocenters. The minimum Gasteiger partial charge on any atom is -0.454 e. The van der Waals surface area contributed by atoms with E-state index in [9.17, 15) is 0 Å². The lowest BCUT2D eigenvalue weighted by Crippen LogP contribution is -2.07. The lowest BCUT2D eigenvalue weighted by atomic mass is 9.95. The predicted octanol–water partition coefficient (Wildman–Crippen LogP) is 4.14. The van der Waals surface area contributed by atoms with E-state index in [0.29, 0.717) is 11.4 Å². The number of benzene rings is 2. The van der Waals surface area contributed by atoms with Gasteiger partial charge in [0.2, 0.25) is 6.79 Å². The Morgan fingerprint density at radius 1 is 1.04 bits per heavy atom. The molecule has 0 saturated carbocycles. The van der Waals surface area contributed by atoms with Crippen LogP contribution in [0.3, 0.4) is 0 Å². The Morgan fingerprint density at radius 2 is 1.83 bits per heavy atom. The van der Waals surface area contributed by atoms with E-state index in [0.717, 1.165) is 38.9 Å². The van der Waals surface area contributed by atoms with Crippen molar-refractivity contribution in [3.63, 3.8) is 0 Å². The fourth-order valence-electron chi connectivity index (χ4n) is 2.67. The van der Waals surface area contributed by atoms with Crippen molar-refractivity contribution in [1.82, 2.24) is 0 Å². The Morgan fingerprint density at radius 3 is 2.61 bits per heavy atom. The van der Waals surface area contributed by atoms with Gasteiger partial charge in [0.05, 0.1) is 10.1 Å². The second-order valence-corrected chi connectivity index (χ2v) is 6.45. The summed E-state index contributed by atoms with van der Waals surface area (Å²) >= 11 is 7.97. The third-order valence-corrected chi connectivity index (χ3v) is 4.85. The largest absolute Gasteiger partial charge is 0.454 e. The molecule has 2 aliphatic heterocycles. The van der Waals surface area contributed by atoms with Gasteiger partial charge >= 0.3 is 0 Å². The Bertz CT molecular complexity index is 848. The fraction of sp³-hybridized carbons (Fsp3) is 0.176. The van der Waals surface area contributed by atoms with E-state index >= 15 is 0 Å². The Labute approximate surface area is 143 Å². The fourth-order valence-corrected chi connectivity index (χ4v) is 3.32. The molecule has 0 aromatic heterocycles. The van der Waals surface area contributed by atoms with Crippen molar-refractivity contribution in [2.45, 2.75) is 6.42 Å². The van der Waals surface area contributed by atoms with Crippen LogP contribution in [0.15, 0.2) is 46.6 Å². The van der Waals surface area contributed by atoms with Gasteiger partial charge in [-0.3, -0.25) is 0 Å². The van der Waals surface area contributed by atoms with Crippen LogP contribution < -0.4 is 9.47 Å². The summed E-state index contributed by atoms with van der Waals surface area (Å²) in [5.41, 5.74) is 3.71. The molecule has 0 radical (unpaired) electrons. The second-order valence-electron chi connectivity index (χ2n) is 5.17. The average molecular weight is 345 g/mol. The molecule has 4 nitrogen and oxygen atoms in total. The van der Waals surface area contributed by atoms with E-state index in [1.165, 1.54) is 0 Å². The SMILES string of the molecule is CSC1=NN=C(c2ccccc2Cl)c2cc3c(cc2C1)OCO3. The van der Waals surface area contributed by atoms with Crippen molar-refractivity contribution in [3.8, 4) is 11.5 Å². The van der Waals surface area contributed by atoms with Gasteiger partial charge in [0, 0.05) is 17.5 Å². The minimum atomic E-state index is 0.250. The van der Waals surface area contributed by atoms with Gasteiger partial charge < -0.3 is 9.47 Å². The van der Waals surface area contributed by atoms with Crippen LogP contribution in [-0.2, 0) is 6.42 Å². The number of halogens is 1. The van der Waals surface area contributed by atoms with Crippen molar-refractivity contribution < 1.29 is 9.47 Å². The van der Waals surface area contributed by atoms with Crippen LogP contribution in [0.1, 0.15) is 16.7 Å². The number of hydrogen-bond acceptors (Lipinski definition) is 5. The summed E-state index contributed by atoms with van der Waals surface area (Å²) in [5.74, 6) is 1.50. The minimum absolute atomic E-state index is 0.250. The van der Waals surface area contributed by atoms with E-state index in [-0.39, 0.29) is 6.79 Å². The summed E-state index contributed by atoms with van der Waals surface area (Å²) in [6.07, 6.45) is 2.71. The van der Waals surface area contributed by atoms with Crippen LogP contribution in [0.2, 0.25) is 5.02 Å². The van der Waals surface area contributed by atoms with E-state index in [2.05, 4.69) is 10.2 Å². The number of nitrogens with zero attached hydrogens (tertiary/aromatic N) is 2. The first-order valence-corrected chi connectivity index (χ1v) is 8.73. The highest BCUT2D eigenvalue weighted by Gasteiger charge is 2.24. The number of fused-ring (bicyclic) bond motifs is 2. The molecule has 0 N–H and O–H groups in total. The highest BCUT2D eigenvalue weighted by molar-refractivity contribution is 8.13. The number of hydrogen-bond donors (Lipinski definition) is 0. The molecule has 4 rings (SSSR count). The molecular weight excluding hydrogens is 332 g/mol. The van der Waals surface area contributed by atoms with E-state index in [1.807, 2.05) is 42.7 Å². The zero-order chi connectivity index (χ0) is 15.8. The number of thioether (sulfide) groups is 1. The third kappa shape index (κ3) is 2.60. The first kappa shape index (κ1) is 14.6. The maximum absolute atomic E-state index is 6.37. The van der Waals surface area contributed by atoms with Crippen molar-refractivity contribution in [3.05, 3.63) is 58.1 Å². The van der Waals surface area contributed by atoms with Gasteiger partial charge in [0.25, 0.3) is 0 Å². The van der Waals surface area contributed by atoms with Gasteiger partial charge in [0.1, 0.15) is 5.71 Å². The maximum Gasteiger partial charge on any atom is 0.231 e. The highest BCUT2D eigenvalue weighted by Crippen LogP contribution is 2.37. The van der Waals surface area contributed by atoms with E-state index in [1.54, 1.807) is 11.8 Å². The zero-order valence-corrected chi connectivity index (χ0v) is 13.9. The molecule has 2 heterocycles. The Balaban J connectivity index is 1.94. The summed E-state index contributed by atoms with van der Waals surface area (Å²) in [6, 6.07) is 11.6. The second kappa shape index (κ2) is 5.91. The number of ether oxygens (including phenoxy) is 2. The normalized spacial score (nSPS) is 15.6. The first-order chi connectivity index (χ1) is 11.3. The molecule has 116 valence electrons. The predicted molar refractivity (Wildman–Crippen MR) is 94.3 cm³/mol. The summed E-state index contributed by atoms with van der Waals surface area (Å²) in [6.45, 7) is 0.250. The molecule has 0 unspecified atom stereocenters. The van der Waals surface area contributed by atoms with Crippen molar-refractivity contribution in [2.24, 2.45) is 10.2 Å². The zero-order valence-electron chi connectivity index (χ0n) is 12.4. The van der Waals surface area contributed by atoms with Crippen molar-refractivity contribution in [2.75, 3.05) is 13.0 Å². The van der Waals surface area contributed by atoms with Gasteiger partial charge in [-0.25, -0.2) is 0 Å². The third-order valence-electron chi connectivity index (χ3n) is 3.82. The van der Waals surface area contributed by atoms with E-state index in [4.69, 9.17) is 21.1 Å². The van der Waals surface area contributed by atoms with Gasteiger partial charge in [-0.15, -0.1) is 22.0 Å². The standard InChI is InChI=1S/C17H13ClN2O2S/c1-23-16-7-10-6-14-15(22-9-21-14)8-12(10)17(20-19-16)11-4-2-3-5-13(11)18/h2-6,8H,7,9H2,1H3. The van der Waals surface area contributed by atoms with Crippen LogP contribution in [0.5, 0.6) is 11.5 Å². The first-order valence-electron chi connectivity index (χ1n) is 7.12. The molecule has 2 aromatic carbocycles. The molecule has 6 heteroatoms. The van der Waals surface area contributed by atoms with Crippen LogP contribution >= 0.6 is 23.4 Å². The summed E-state index contributed by atoms with van der Waals surface area (Å²) in [4.78, 5) is 0. The lowest BCUT2D eigenvalue weighted by molar-refractivity contribution is 0.174. The van der Waals surface area contributed by atoms with Gasteiger partial charge in [-0.2, -0.15) is 0 Å². The highest BCUT2D eigenvalue weighted by atomic mass is 35.5. The molecule has 0 bridgehead atoms. The molecule has 0 aliphatic carbocycles. The molecule has 0 fully saturated rings. The van der Waals surface area contributed by atoms with Crippen molar-refractivity contribution >= 4 is 34.1 Å². The van der Waals surface area contributed by atoms with Gasteiger partial charge in [0.15, 0.2) is 11.5 Å². The monoisotopic (exact) mass is 344 g/mol. The van der Waals surface area contributed by atoms with Crippen LogP contribution in [0.25, 0.3) is 0 Å². The summed E-state index contributed by atoms with van der Waals surface area (Å²) in [7, 11) is 0. The van der Waals surface area contributed by atoms with Gasteiger partial charge in [-0.1, -0.05) is 29.8 Å². The maximum atomic E-state index is 6.37. The molecular formula is C17H13ClN2O2S. The Hall–Kier alpha value is -1.98. The molecule has 0 spiro atoms. The summed E-state index contributed by atoms with van der Waals surface area (Å²) in [5, 5.41) is 10.5. The molecule has 0 saturated heterocycles. The van der Waals surface area contributed by atoms with Crippen LogP contribution in [0, 0.1) is 0 Å². The number of rotatable bonds is 1. The quantitative estimate of drug-likeness (QED) is 0.781. The molecule has 2 aliphatic rings. The lowest BCUT2D eigenvalue weighted by Gasteiger charge is -2.12. The van der Waals surface area contributed by atoms with Crippen LogP contribution in [-0.4, -0.2) is 23.8 Å².